The maximum Gasteiger partial charge on any atom is 0.306 e. The molecule has 72 heavy (non-hydrogen) atoms. The highest BCUT2D eigenvalue weighted by Gasteiger charge is 2.19. The first-order chi connectivity index (χ1) is 35.2. The van der Waals surface area contributed by atoms with Crippen LogP contribution in [0, 0.1) is 11.8 Å². The van der Waals surface area contributed by atoms with E-state index in [9.17, 15) is 14.4 Å². The van der Waals surface area contributed by atoms with Crippen LogP contribution in [0.15, 0.2) is 0 Å². The minimum Gasteiger partial charge on any atom is -0.462 e. The summed E-state index contributed by atoms with van der Waals surface area (Å²) < 4.78 is 17.0. The summed E-state index contributed by atoms with van der Waals surface area (Å²) in [5.41, 5.74) is 0. The minimum absolute atomic E-state index is 0.0616. The van der Waals surface area contributed by atoms with E-state index in [0.717, 1.165) is 69.6 Å². The van der Waals surface area contributed by atoms with E-state index in [1.165, 1.54) is 263 Å². The fourth-order valence-electron chi connectivity index (χ4n) is 10.3. The first-order valence-electron chi connectivity index (χ1n) is 32.7. The van der Waals surface area contributed by atoms with E-state index in [1.54, 1.807) is 0 Å². The highest BCUT2D eigenvalue weighted by Crippen LogP contribution is 2.19. The molecule has 0 unspecified atom stereocenters. The summed E-state index contributed by atoms with van der Waals surface area (Å²) in [6, 6.07) is 0. The van der Waals surface area contributed by atoms with Gasteiger partial charge in [0.2, 0.25) is 0 Å². The van der Waals surface area contributed by atoms with Crippen molar-refractivity contribution in [3.63, 3.8) is 0 Å². The molecule has 0 radical (unpaired) electrons. The van der Waals surface area contributed by atoms with Gasteiger partial charge in [-0.2, -0.15) is 0 Å². The first-order valence-corrected chi connectivity index (χ1v) is 32.7. The smallest absolute Gasteiger partial charge is 0.306 e. The van der Waals surface area contributed by atoms with Gasteiger partial charge in [-0.1, -0.05) is 336 Å². The lowest BCUT2D eigenvalue weighted by Gasteiger charge is -2.18. The second kappa shape index (κ2) is 58.7. The molecular formula is C66H128O6. The average molecular weight is 1020 g/mol. The zero-order valence-corrected chi connectivity index (χ0v) is 49.6. The van der Waals surface area contributed by atoms with E-state index in [-0.39, 0.29) is 31.1 Å². The Morgan fingerprint density at radius 2 is 0.458 bits per heavy atom. The summed E-state index contributed by atoms with van der Waals surface area (Å²) in [6.45, 7) is 11.5. The average Bonchev–Trinajstić information content (AvgIpc) is 3.36. The van der Waals surface area contributed by atoms with Crippen molar-refractivity contribution in [1.29, 1.82) is 0 Å². The Morgan fingerprint density at radius 3 is 0.681 bits per heavy atom. The van der Waals surface area contributed by atoms with E-state index in [2.05, 4.69) is 34.6 Å². The molecule has 0 saturated carbocycles. The van der Waals surface area contributed by atoms with Gasteiger partial charge in [0.1, 0.15) is 13.2 Å². The Bertz CT molecular complexity index is 1100. The molecule has 1 atom stereocenters. The zero-order chi connectivity index (χ0) is 52.5. The molecule has 0 aliphatic rings. The Kier molecular flexibility index (Phi) is 57.4. The van der Waals surface area contributed by atoms with Crippen molar-refractivity contribution < 1.29 is 28.6 Å². The molecule has 6 nitrogen and oxygen atoms in total. The van der Waals surface area contributed by atoms with Gasteiger partial charge < -0.3 is 14.2 Å². The van der Waals surface area contributed by atoms with Gasteiger partial charge in [0.25, 0.3) is 0 Å². The van der Waals surface area contributed by atoms with Gasteiger partial charge in [-0.05, 0) is 31.1 Å². The third-order valence-corrected chi connectivity index (χ3v) is 15.2. The molecule has 6 heteroatoms. The quantitative estimate of drug-likeness (QED) is 0.0343. The minimum atomic E-state index is -0.764. The number of hydrogen-bond donors (Lipinski definition) is 0. The van der Waals surface area contributed by atoms with E-state index < -0.39 is 6.10 Å². The number of ether oxygens (including phenoxy) is 3. The Balaban J connectivity index is 4.26. The van der Waals surface area contributed by atoms with Crippen LogP contribution < -0.4 is 0 Å². The van der Waals surface area contributed by atoms with Crippen molar-refractivity contribution in [1.82, 2.24) is 0 Å². The van der Waals surface area contributed by atoms with Crippen LogP contribution in [0.4, 0.5) is 0 Å². The van der Waals surface area contributed by atoms with Gasteiger partial charge in [-0.15, -0.1) is 0 Å². The number of hydrogen-bond acceptors (Lipinski definition) is 6. The van der Waals surface area contributed by atoms with E-state index in [1.807, 2.05) is 0 Å². The summed E-state index contributed by atoms with van der Waals surface area (Å²) in [7, 11) is 0. The molecule has 0 spiro atoms. The number of unbranched alkanes of at least 4 members (excludes halogenated alkanes) is 45. The van der Waals surface area contributed by atoms with Crippen LogP contribution in [0.5, 0.6) is 0 Å². The van der Waals surface area contributed by atoms with Crippen molar-refractivity contribution in [2.75, 3.05) is 13.2 Å². The van der Waals surface area contributed by atoms with Crippen LogP contribution >= 0.6 is 0 Å². The number of carbonyl (C=O) groups excluding carboxylic acids is 3. The third-order valence-electron chi connectivity index (χ3n) is 15.2. The Hall–Kier alpha value is -1.59. The van der Waals surface area contributed by atoms with Crippen LogP contribution in [0.3, 0.4) is 0 Å². The van der Waals surface area contributed by atoms with Crippen molar-refractivity contribution in [3.8, 4) is 0 Å². The SMILES string of the molecule is CCCCCCCCCCCCCCCCCCC(=O)O[C@H](COC(=O)CCCCCCCCCCCCCCCCCCCCC(C)C)COC(=O)CCCCCCCCCCCCCCCCC(C)C. The summed E-state index contributed by atoms with van der Waals surface area (Å²) in [4.78, 5) is 38.3. The molecule has 0 saturated heterocycles. The zero-order valence-electron chi connectivity index (χ0n) is 49.6. The maximum absolute atomic E-state index is 12.9. The van der Waals surface area contributed by atoms with Gasteiger partial charge in [-0.3, -0.25) is 14.4 Å². The summed E-state index contributed by atoms with van der Waals surface area (Å²) in [5, 5.41) is 0. The van der Waals surface area contributed by atoms with Gasteiger partial charge in [0, 0.05) is 19.3 Å². The van der Waals surface area contributed by atoms with Crippen molar-refractivity contribution in [3.05, 3.63) is 0 Å². The molecule has 0 heterocycles. The third kappa shape index (κ3) is 59.3. The molecule has 0 aromatic heterocycles. The topological polar surface area (TPSA) is 78.9 Å². The number of rotatable bonds is 60. The summed E-state index contributed by atoms with van der Waals surface area (Å²) in [6.07, 6.45) is 65.3. The maximum atomic E-state index is 12.9. The van der Waals surface area contributed by atoms with Crippen molar-refractivity contribution in [2.45, 2.75) is 381 Å². The van der Waals surface area contributed by atoms with Crippen LogP contribution in [0.2, 0.25) is 0 Å². The lowest BCUT2D eigenvalue weighted by Crippen LogP contribution is -2.30. The summed E-state index contributed by atoms with van der Waals surface area (Å²) >= 11 is 0. The lowest BCUT2D eigenvalue weighted by atomic mass is 10.0. The molecule has 0 amide bonds. The van der Waals surface area contributed by atoms with Crippen LogP contribution in [-0.4, -0.2) is 37.2 Å². The van der Waals surface area contributed by atoms with Crippen LogP contribution in [0.1, 0.15) is 375 Å². The molecule has 0 rings (SSSR count). The van der Waals surface area contributed by atoms with Crippen molar-refractivity contribution in [2.24, 2.45) is 11.8 Å². The molecule has 0 aromatic rings. The standard InChI is InChI=1S/C66H128O6/c1-6-7-8-9-10-11-12-13-14-20-28-33-38-43-48-53-58-66(69)72-63(60-71-65(68)57-52-47-42-37-32-27-23-22-25-30-35-40-45-50-55-62(4)5)59-70-64(67)56-51-46-41-36-31-26-21-18-16-15-17-19-24-29-34-39-44-49-54-61(2)3/h61-63H,6-60H2,1-5H3/t63-/m1/s1. The first kappa shape index (κ1) is 70.4. The van der Waals surface area contributed by atoms with E-state index >= 15 is 0 Å². The number of carbonyl (C=O) groups is 3. The van der Waals surface area contributed by atoms with E-state index in [4.69, 9.17) is 14.2 Å². The lowest BCUT2D eigenvalue weighted by molar-refractivity contribution is -0.167. The predicted molar refractivity (Wildman–Crippen MR) is 312 cm³/mol. The fraction of sp³-hybridized carbons (Fsp3) is 0.955. The van der Waals surface area contributed by atoms with Crippen molar-refractivity contribution >= 4 is 17.9 Å². The van der Waals surface area contributed by atoms with Gasteiger partial charge in [0.15, 0.2) is 6.10 Å². The molecule has 0 aliphatic heterocycles. The molecule has 0 aliphatic carbocycles. The Morgan fingerprint density at radius 1 is 0.264 bits per heavy atom. The monoisotopic (exact) mass is 1020 g/mol. The second-order valence-corrected chi connectivity index (χ2v) is 23.7. The highest BCUT2D eigenvalue weighted by molar-refractivity contribution is 5.71. The molecular weight excluding hydrogens is 889 g/mol. The molecule has 0 bridgehead atoms. The van der Waals surface area contributed by atoms with Gasteiger partial charge >= 0.3 is 17.9 Å². The molecule has 428 valence electrons. The normalized spacial score (nSPS) is 12.0. The van der Waals surface area contributed by atoms with E-state index in [0.29, 0.717) is 19.3 Å². The van der Waals surface area contributed by atoms with Gasteiger partial charge in [-0.25, -0.2) is 0 Å². The van der Waals surface area contributed by atoms with Gasteiger partial charge in [0.05, 0.1) is 0 Å². The highest BCUT2D eigenvalue weighted by atomic mass is 16.6. The van der Waals surface area contributed by atoms with Crippen LogP contribution in [-0.2, 0) is 28.6 Å². The summed E-state index contributed by atoms with van der Waals surface area (Å²) in [5.74, 6) is 0.875. The molecule has 0 fully saturated rings. The van der Waals surface area contributed by atoms with Crippen LogP contribution in [0.25, 0.3) is 0 Å². The predicted octanol–water partition coefficient (Wildman–Crippen LogP) is 22.0. The fourth-order valence-corrected chi connectivity index (χ4v) is 10.3. The number of esters is 3. The molecule has 0 N–H and O–H groups in total. The molecule has 0 aromatic carbocycles. The largest absolute Gasteiger partial charge is 0.462 e. The Labute approximate surface area is 450 Å². The second-order valence-electron chi connectivity index (χ2n) is 23.7.